The largest absolute Gasteiger partial charge is 0.497 e. The van der Waals surface area contributed by atoms with Crippen LogP contribution in [-0.2, 0) is 16.8 Å². The molecule has 0 saturated heterocycles. The third-order valence-electron chi connectivity index (χ3n) is 7.01. The van der Waals surface area contributed by atoms with Crippen molar-refractivity contribution in [3.8, 4) is 11.5 Å². The number of nitrogens with zero attached hydrogens (tertiary/aromatic N) is 1. The van der Waals surface area contributed by atoms with Crippen LogP contribution in [0, 0.1) is 0 Å². The van der Waals surface area contributed by atoms with Crippen molar-refractivity contribution in [2.45, 2.75) is 49.7 Å². The number of amides is 1. The third-order valence-corrected chi connectivity index (χ3v) is 7.01. The molecule has 0 saturated carbocycles. The molecule has 3 aromatic rings. The molecule has 0 radical (unpaired) electrons. The van der Waals surface area contributed by atoms with Gasteiger partial charge in [0.2, 0.25) is 5.91 Å². The number of halogens is 6. The molecule has 0 fully saturated rings. The van der Waals surface area contributed by atoms with Gasteiger partial charge in [-0.05, 0) is 49.1 Å². The summed E-state index contributed by atoms with van der Waals surface area (Å²) in [6.45, 7) is 1.66. The molecule has 0 unspecified atom stereocenters. The van der Waals surface area contributed by atoms with Gasteiger partial charge in [0.25, 0.3) is 5.60 Å². The first-order valence-electron chi connectivity index (χ1n) is 12.4. The Bertz CT molecular complexity index is 1330. The van der Waals surface area contributed by atoms with E-state index in [4.69, 9.17) is 9.47 Å². The predicted molar refractivity (Wildman–Crippen MR) is 135 cm³/mol. The lowest BCUT2D eigenvalue weighted by atomic mass is 9.89. The van der Waals surface area contributed by atoms with Crippen LogP contribution in [0.5, 0.6) is 11.5 Å². The van der Waals surface area contributed by atoms with Crippen LogP contribution in [0.3, 0.4) is 0 Å². The topological polar surface area (TPSA) is 59.0 Å². The number of fused-ring (bicyclic) bond motifs is 1. The maximum Gasteiger partial charge on any atom is 0.430 e. The first-order valence-corrected chi connectivity index (χ1v) is 12.4. The van der Waals surface area contributed by atoms with E-state index in [1.54, 1.807) is 61.5 Å². The molecular formula is C29H27F6NO4. The second-order valence-corrected chi connectivity index (χ2v) is 9.59. The molecule has 1 N–H and O–H groups in total. The fraction of sp³-hybridized carbons (Fsp3) is 0.345. The number of aliphatic hydroxyl groups is 1. The zero-order valence-corrected chi connectivity index (χ0v) is 21.6. The van der Waals surface area contributed by atoms with Gasteiger partial charge in [-0.25, -0.2) is 0 Å². The molecule has 5 nitrogen and oxygen atoms in total. The Kier molecular flexibility index (Phi) is 8.07. The number of rotatable bonds is 6. The standard InChI is InChI=1S/C29H27F6NO4/c1-18(19-7-4-3-5-8-19)26(37)36-17-24(40-23-10-6-9-22(16-23)39-2)13-11-20-15-21(12-14-25(20)36)27(38,28(30,31)32)29(33,34)35/h3-10,12,14-16,18,24,38H,11,13,17H2,1-2H3/t18-,24-/m0/s1. The van der Waals surface area contributed by atoms with Crippen molar-refractivity contribution in [3.05, 3.63) is 89.5 Å². The van der Waals surface area contributed by atoms with E-state index >= 15 is 0 Å². The molecule has 11 heteroatoms. The van der Waals surface area contributed by atoms with Crippen LogP contribution < -0.4 is 14.4 Å². The molecule has 4 rings (SSSR count). The van der Waals surface area contributed by atoms with E-state index in [0.29, 0.717) is 29.2 Å². The maximum atomic E-state index is 13.8. The fourth-order valence-electron chi connectivity index (χ4n) is 4.76. The number of carbonyl (C=O) groups is 1. The number of hydrogen-bond donors (Lipinski definition) is 1. The molecule has 214 valence electrons. The quantitative estimate of drug-likeness (QED) is 0.344. The number of anilines is 1. The van der Waals surface area contributed by atoms with E-state index < -0.39 is 41.4 Å². The fourth-order valence-corrected chi connectivity index (χ4v) is 4.76. The molecule has 1 amide bonds. The number of hydrogen-bond acceptors (Lipinski definition) is 4. The molecule has 0 bridgehead atoms. The first kappa shape index (κ1) is 29.3. The van der Waals surface area contributed by atoms with Crippen molar-refractivity contribution < 1.29 is 45.7 Å². The summed E-state index contributed by atoms with van der Waals surface area (Å²) in [5.74, 6) is -0.152. The molecule has 1 aliphatic rings. The van der Waals surface area contributed by atoms with E-state index in [0.717, 1.165) is 6.07 Å². The van der Waals surface area contributed by atoms with E-state index in [1.807, 2.05) is 0 Å². The number of methoxy groups -OCH3 is 1. The Balaban J connectivity index is 1.76. The zero-order chi connectivity index (χ0) is 29.3. The van der Waals surface area contributed by atoms with E-state index in [1.165, 1.54) is 12.0 Å². The Hall–Kier alpha value is -3.73. The van der Waals surface area contributed by atoms with E-state index in [9.17, 15) is 36.2 Å². The van der Waals surface area contributed by atoms with Crippen molar-refractivity contribution in [1.82, 2.24) is 0 Å². The average Bonchev–Trinajstić information content (AvgIpc) is 3.10. The van der Waals surface area contributed by atoms with Gasteiger partial charge in [-0.15, -0.1) is 0 Å². The molecule has 0 aliphatic carbocycles. The van der Waals surface area contributed by atoms with Crippen LogP contribution in [-0.4, -0.2) is 43.1 Å². The lowest BCUT2D eigenvalue weighted by molar-refractivity contribution is -0.376. The second kappa shape index (κ2) is 11.0. The molecule has 40 heavy (non-hydrogen) atoms. The van der Waals surface area contributed by atoms with Crippen molar-refractivity contribution in [2.24, 2.45) is 0 Å². The van der Waals surface area contributed by atoms with Crippen LogP contribution in [0.15, 0.2) is 72.8 Å². The molecule has 3 aromatic carbocycles. The number of benzene rings is 3. The monoisotopic (exact) mass is 567 g/mol. The van der Waals surface area contributed by atoms with Crippen LogP contribution in [0.25, 0.3) is 0 Å². The molecule has 0 spiro atoms. The Labute approximate surface area is 226 Å². The first-order chi connectivity index (χ1) is 18.8. The number of alkyl halides is 6. The summed E-state index contributed by atoms with van der Waals surface area (Å²) in [5.41, 5.74) is -5.57. The van der Waals surface area contributed by atoms with Gasteiger partial charge in [-0.2, -0.15) is 26.3 Å². The van der Waals surface area contributed by atoms with Crippen LogP contribution >= 0.6 is 0 Å². The average molecular weight is 568 g/mol. The Morgan fingerprint density at radius 2 is 1.57 bits per heavy atom. The van der Waals surface area contributed by atoms with Crippen molar-refractivity contribution >= 4 is 11.6 Å². The van der Waals surface area contributed by atoms with Gasteiger partial charge in [0.15, 0.2) is 0 Å². The van der Waals surface area contributed by atoms with Crippen molar-refractivity contribution in [2.75, 3.05) is 18.6 Å². The lowest BCUT2D eigenvalue weighted by Gasteiger charge is -2.34. The normalized spacial score (nSPS) is 17.0. The number of aryl methyl sites for hydroxylation is 1. The highest BCUT2D eigenvalue weighted by Gasteiger charge is 2.71. The summed E-state index contributed by atoms with van der Waals surface area (Å²) >= 11 is 0. The Morgan fingerprint density at radius 1 is 0.925 bits per heavy atom. The van der Waals surface area contributed by atoms with Crippen molar-refractivity contribution in [1.29, 1.82) is 0 Å². The van der Waals surface area contributed by atoms with Gasteiger partial charge in [0.1, 0.15) is 17.6 Å². The highest BCUT2D eigenvalue weighted by atomic mass is 19.4. The van der Waals surface area contributed by atoms with Crippen LogP contribution in [0.2, 0.25) is 0 Å². The minimum Gasteiger partial charge on any atom is -0.497 e. The van der Waals surface area contributed by atoms with E-state index in [2.05, 4.69) is 0 Å². The van der Waals surface area contributed by atoms with Crippen LogP contribution in [0.4, 0.5) is 32.0 Å². The molecule has 2 atom stereocenters. The molecule has 0 aromatic heterocycles. The van der Waals surface area contributed by atoms with Gasteiger partial charge in [0, 0.05) is 17.3 Å². The Morgan fingerprint density at radius 3 is 2.20 bits per heavy atom. The summed E-state index contributed by atoms with van der Waals surface area (Å²) in [7, 11) is 1.48. The second-order valence-electron chi connectivity index (χ2n) is 9.59. The van der Waals surface area contributed by atoms with Gasteiger partial charge in [-0.1, -0.05) is 48.5 Å². The minimum atomic E-state index is -6.03. The maximum absolute atomic E-state index is 13.8. The van der Waals surface area contributed by atoms with Gasteiger partial charge < -0.3 is 19.5 Å². The number of ether oxygens (including phenoxy) is 2. The van der Waals surface area contributed by atoms with Crippen molar-refractivity contribution in [3.63, 3.8) is 0 Å². The van der Waals surface area contributed by atoms with E-state index in [-0.39, 0.29) is 30.6 Å². The highest BCUT2D eigenvalue weighted by molar-refractivity contribution is 5.98. The predicted octanol–water partition coefficient (Wildman–Crippen LogP) is 6.54. The molecular weight excluding hydrogens is 540 g/mol. The van der Waals surface area contributed by atoms with Gasteiger partial charge >= 0.3 is 12.4 Å². The minimum absolute atomic E-state index is 0.00684. The summed E-state index contributed by atoms with van der Waals surface area (Å²) in [6, 6.07) is 17.8. The lowest BCUT2D eigenvalue weighted by Crippen LogP contribution is -2.54. The molecule has 1 heterocycles. The SMILES string of the molecule is COc1cccc(O[C@H]2CCc3cc(C(O)(C(F)(F)F)C(F)(F)F)ccc3N(C(=O)[C@@H](C)c3ccccc3)C2)c1. The summed E-state index contributed by atoms with van der Waals surface area (Å²) in [4.78, 5) is 15.1. The van der Waals surface area contributed by atoms with Gasteiger partial charge in [0.05, 0.1) is 19.6 Å². The highest BCUT2D eigenvalue weighted by Crippen LogP contribution is 2.51. The smallest absolute Gasteiger partial charge is 0.430 e. The third kappa shape index (κ3) is 5.60. The zero-order valence-electron chi connectivity index (χ0n) is 21.6. The summed E-state index contributed by atoms with van der Waals surface area (Å²) in [5, 5.41) is 9.97. The summed E-state index contributed by atoms with van der Waals surface area (Å²) < 4.78 is 92.9. The molecule has 1 aliphatic heterocycles. The van der Waals surface area contributed by atoms with Gasteiger partial charge in [-0.3, -0.25) is 4.79 Å². The number of carbonyl (C=O) groups excluding carboxylic acids is 1. The van der Waals surface area contributed by atoms with Crippen LogP contribution in [0.1, 0.15) is 36.0 Å². The summed E-state index contributed by atoms with van der Waals surface area (Å²) in [6.07, 6.45) is -12.5.